The van der Waals surface area contributed by atoms with E-state index >= 15 is 0 Å². The van der Waals surface area contributed by atoms with Crippen LogP contribution in [0.1, 0.15) is 16.3 Å². The van der Waals surface area contributed by atoms with Crippen molar-refractivity contribution in [1.82, 2.24) is 9.97 Å². The second-order valence-corrected chi connectivity index (χ2v) is 6.91. The maximum atomic E-state index is 12.3. The lowest BCUT2D eigenvalue weighted by atomic mass is 10.0. The number of H-pyrrole nitrogens is 1. The number of nitrogens with one attached hydrogen (secondary N) is 1. The second-order valence-electron chi connectivity index (χ2n) is 4.85. The largest absolute Gasteiger partial charge is 0.310 e. The molecule has 3 rings (SSSR count). The van der Waals surface area contributed by atoms with E-state index in [1.54, 1.807) is 18.3 Å². The average Bonchev–Trinajstić information content (AvgIpc) is 2.68. The summed E-state index contributed by atoms with van der Waals surface area (Å²) in [7, 11) is 0. The first-order valence-electron chi connectivity index (χ1n) is 6.24. The summed E-state index contributed by atoms with van der Waals surface area (Å²) in [5.41, 5.74) is 3.12. The lowest BCUT2D eigenvalue weighted by Gasteiger charge is -2.06. The van der Waals surface area contributed by atoms with Gasteiger partial charge < -0.3 is 4.98 Å². The van der Waals surface area contributed by atoms with E-state index in [4.69, 9.17) is 0 Å². The molecule has 0 bridgehead atoms. The summed E-state index contributed by atoms with van der Waals surface area (Å²) in [5.74, 6) is 0.651. The Bertz CT molecular complexity index is 879. The van der Waals surface area contributed by atoms with Gasteiger partial charge in [-0.2, -0.15) is 0 Å². The van der Waals surface area contributed by atoms with Crippen molar-refractivity contribution in [2.75, 3.05) is 0 Å². The molecule has 0 fully saturated rings. The van der Waals surface area contributed by atoms with E-state index in [0.29, 0.717) is 11.2 Å². The zero-order valence-electron chi connectivity index (χ0n) is 11.4. The second kappa shape index (κ2) is 4.82. The van der Waals surface area contributed by atoms with Crippen LogP contribution in [0.3, 0.4) is 0 Å². The normalized spacial score (nSPS) is 11.2. The van der Waals surface area contributed by atoms with Crippen LogP contribution < -0.4 is 5.56 Å². The number of rotatable bonds is 1. The number of aromatic amines is 1. The molecule has 0 spiro atoms. The predicted octanol–water partition coefficient (Wildman–Crippen LogP) is 4.34. The molecule has 2 aromatic heterocycles. The summed E-state index contributed by atoms with van der Waals surface area (Å²) < 4.78 is 0.992. The van der Waals surface area contributed by atoms with Crippen LogP contribution in [0.15, 0.2) is 27.5 Å². The van der Waals surface area contributed by atoms with Gasteiger partial charge in [-0.25, -0.2) is 4.98 Å². The number of nitrogens with zero attached hydrogens (tertiary/aromatic N) is 1. The first-order chi connectivity index (χ1) is 9.47. The third-order valence-corrected chi connectivity index (χ3v) is 4.94. The number of hydrogen-bond donors (Lipinski definition) is 1. The van der Waals surface area contributed by atoms with Gasteiger partial charge in [-0.3, -0.25) is 4.79 Å². The summed E-state index contributed by atoms with van der Waals surface area (Å²) in [6.07, 6.45) is 0. The smallest absolute Gasteiger partial charge is 0.260 e. The van der Waals surface area contributed by atoms with Crippen LogP contribution >= 0.6 is 27.3 Å². The SMILES string of the molecule is Cc1ccc(Br)c(-c2c(C)sc3nc(C)[nH]c(=O)c23)c1. The standard InChI is InChI=1S/C15H13BrN2OS/c1-7-4-5-11(16)10(6-7)12-8(2)20-15-13(12)14(19)17-9(3)18-15/h4-6H,1-3H3,(H,17,18,19). The molecule has 2 heterocycles. The average molecular weight is 349 g/mol. The minimum absolute atomic E-state index is 0.0692. The van der Waals surface area contributed by atoms with E-state index in [1.165, 1.54) is 5.56 Å². The molecular formula is C15H13BrN2OS. The number of fused-ring (bicyclic) bond motifs is 1. The molecule has 0 saturated heterocycles. The van der Waals surface area contributed by atoms with Crippen LogP contribution in [0.4, 0.5) is 0 Å². The van der Waals surface area contributed by atoms with Crippen LogP contribution in [0.2, 0.25) is 0 Å². The summed E-state index contributed by atoms with van der Waals surface area (Å²) in [4.78, 5) is 21.4. The van der Waals surface area contributed by atoms with Gasteiger partial charge in [0.2, 0.25) is 0 Å². The van der Waals surface area contributed by atoms with E-state index in [2.05, 4.69) is 32.0 Å². The molecule has 102 valence electrons. The topological polar surface area (TPSA) is 45.8 Å². The summed E-state index contributed by atoms with van der Waals surface area (Å²) in [6, 6.07) is 6.16. The molecule has 0 radical (unpaired) electrons. The van der Waals surface area contributed by atoms with Crippen LogP contribution in [0.5, 0.6) is 0 Å². The molecule has 0 atom stereocenters. The zero-order chi connectivity index (χ0) is 14.4. The van der Waals surface area contributed by atoms with E-state index in [0.717, 1.165) is 25.3 Å². The predicted molar refractivity (Wildman–Crippen MR) is 87.6 cm³/mol. The summed E-state index contributed by atoms with van der Waals surface area (Å²) >= 11 is 5.15. The highest BCUT2D eigenvalue weighted by molar-refractivity contribution is 9.10. The highest BCUT2D eigenvalue weighted by Crippen LogP contribution is 2.39. The third-order valence-electron chi connectivity index (χ3n) is 3.25. The molecule has 1 aromatic carbocycles. The van der Waals surface area contributed by atoms with E-state index in [-0.39, 0.29) is 5.56 Å². The van der Waals surface area contributed by atoms with Gasteiger partial charge in [-0.05, 0) is 32.4 Å². The molecule has 1 N–H and O–H groups in total. The van der Waals surface area contributed by atoms with Gasteiger partial charge in [-0.1, -0.05) is 33.6 Å². The molecule has 3 nitrogen and oxygen atoms in total. The number of aromatic nitrogens is 2. The van der Waals surface area contributed by atoms with E-state index in [9.17, 15) is 4.79 Å². The number of thiophene rings is 1. The van der Waals surface area contributed by atoms with E-state index in [1.807, 2.05) is 26.0 Å². The third kappa shape index (κ3) is 2.11. The molecule has 0 aliphatic carbocycles. The lowest BCUT2D eigenvalue weighted by Crippen LogP contribution is -2.09. The van der Waals surface area contributed by atoms with Crippen molar-refractivity contribution in [1.29, 1.82) is 0 Å². The quantitative estimate of drug-likeness (QED) is 0.710. The summed E-state index contributed by atoms with van der Waals surface area (Å²) in [5, 5.41) is 0.685. The van der Waals surface area contributed by atoms with Crippen LogP contribution in [-0.2, 0) is 0 Å². The first-order valence-corrected chi connectivity index (χ1v) is 7.85. The zero-order valence-corrected chi connectivity index (χ0v) is 13.8. The lowest BCUT2D eigenvalue weighted by molar-refractivity contribution is 1.07. The van der Waals surface area contributed by atoms with Crippen molar-refractivity contribution in [2.24, 2.45) is 0 Å². The van der Waals surface area contributed by atoms with Gasteiger partial charge in [-0.15, -0.1) is 11.3 Å². The van der Waals surface area contributed by atoms with Crippen molar-refractivity contribution < 1.29 is 0 Å². The van der Waals surface area contributed by atoms with Crippen molar-refractivity contribution in [2.45, 2.75) is 20.8 Å². The first kappa shape index (κ1) is 13.5. The van der Waals surface area contributed by atoms with Crippen LogP contribution in [0.25, 0.3) is 21.3 Å². The Morgan fingerprint density at radius 2 is 2.00 bits per heavy atom. The van der Waals surface area contributed by atoms with Crippen molar-refractivity contribution in [3.05, 3.63) is 49.3 Å². The number of hydrogen-bond acceptors (Lipinski definition) is 3. The van der Waals surface area contributed by atoms with Gasteiger partial charge in [0.05, 0.1) is 5.39 Å². The highest BCUT2D eigenvalue weighted by Gasteiger charge is 2.17. The minimum Gasteiger partial charge on any atom is -0.310 e. The fourth-order valence-corrected chi connectivity index (χ4v) is 3.91. The maximum absolute atomic E-state index is 12.3. The fourth-order valence-electron chi connectivity index (χ4n) is 2.38. The molecule has 0 unspecified atom stereocenters. The Labute approximate surface area is 128 Å². The Morgan fingerprint density at radius 3 is 2.75 bits per heavy atom. The fraction of sp³-hybridized carbons (Fsp3) is 0.200. The van der Waals surface area contributed by atoms with Gasteiger partial charge in [0.25, 0.3) is 5.56 Å². The van der Waals surface area contributed by atoms with Gasteiger partial charge >= 0.3 is 0 Å². The molecule has 3 aromatic rings. The van der Waals surface area contributed by atoms with Gasteiger partial charge in [0.1, 0.15) is 10.7 Å². The Kier molecular flexibility index (Phi) is 3.26. The van der Waals surface area contributed by atoms with Crippen molar-refractivity contribution >= 4 is 37.5 Å². The molecule has 0 amide bonds. The van der Waals surface area contributed by atoms with Crippen molar-refractivity contribution in [3.8, 4) is 11.1 Å². The Hall–Kier alpha value is -1.46. The molecule has 5 heteroatoms. The molecule has 0 aliphatic rings. The number of halogens is 1. The van der Waals surface area contributed by atoms with Gasteiger partial charge in [0.15, 0.2) is 0 Å². The summed E-state index contributed by atoms with van der Waals surface area (Å²) in [6.45, 7) is 5.88. The molecule has 20 heavy (non-hydrogen) atoms. The van der Waals surface area contributed by atoms with Gasteiger partial charge in [0, 0.05) is 14.9 Å². The Morgan fingerprint density at radius 1 is 1.25 bits per heavy atom. The molecular weight excluding hydrogens is 336 g/mol. The van der Waals surface area contributed by atoms with Crippen LogP contribution in [-0.4, -0.2) is 9.97 Å². The monoisotopic (exact) mass is 348 g/mol. The van der Waals surface area contributed by atoms with Crippen molar-refractivity contribution in [3.63, 3.8) is 0 Å². The maximum Gasteiger partial charge on any atom is 0.260 e. The number of benzene rings is 1. The minimum atomic E-state index is -0.0692. The molecule has 0 saturated carbocycles. The van der Waals surface area contributed by atoms with Crippen LogP contribution in [0, 0.1) is 20.8 Å². The van der Waals surface area contributed by atoms with E-state index < -0.39 is 0 Å². The highest BCUT2D eigenvalue weighted by atomic mass is 79.9. The Balaban J connectivity index is 2.45. The number of aryl methyl sites for hydroxylation is 3. The molecule has 0 aliphatic heterocycles.